The molecule has 170 valence electrons. The number of carbonyl (C=O) groups is 1. The Kier molecular flexibility index (Phi) is 4.94. The first kappa shape index (κ1) is 20.6. The lowest BCUT2D eigenvalue weighted by Crippen LogP contribution is -2.51. The van der Waals surface area contributed by atoms with Gasteiger partial charge in [0, 0.05) is 36.1 Å². The Hall–Kier alpha value is -3.30. The highest BCUT2D eigenvalue weighted by Gasteiger charge is 2.45. The van der Waals surface area contributed by atoms with Crippen LogP contribution in [0.2, 0.25) is 0 Å². The molecule has 2 atom stereocenters. The number of amides is 1. The number of nitrogens with zero attached hydrogens (tertiary/aromatic N) is 4. The predicted molar refractivity (Wildman–Crippen MR) is 122 cm³/mol. The maximum Gasteiger partial charge on any atom is 0.410 e. The van der Waals surface area contributed by atoms with E-state index in [4.69, 9.17) is 9.72 Å². The van der Waals surface area contributed by atoms with Crippen LogP contribution in [-0.4, -0.2) is 59.9 Å². The fourth-order valence-corrected chi connectivity index (χ4v) is 4.80. The molecule has 1 amide bonds. The lowest BCUT2D eigenvalue weighted by molar-refractivity contribution is 0.00683. The van der Waals surface area contributed by atoms with Crippen molar-refractivity contribution >= 4 is 34.7 Å². The maximum absolute atomic E-state index is 12.7. The van der Waals surface area contributed by atoms with Crippen molar-refractivity contribution in [1.82, 2.24) is 30.0 Å². The number of fused-ring (bicyclic) bond motifs is 3. The van der Waals surface area contributed by atoms with Crippen LogP contribution in [0.5, 0.6) is 0 Å². The van der Waals surface area contributed by atoms with Crippen LogP contribution in [0, 0.1) is 6.92 Å². The molecule has 2 saturated heterocycles. The molecular weight excluding hydrogens is 408 g/mol. The van der Waals surface area contributed by atoms with Gasteiger partial charge in [0.2, 0.25) is 5.95 Å². The molecule has 2 bridgehead atoms. The summed E-state index contributed by atoms with van der Waals surface area (Å²) in [5.41, 5.74) is 1.23. The number of hydrogen-bond donors (Lipinski definition) is 4. The summed E-state index contributed by atoms with van der Waals surface area (Å²) in [5.74, 6) is 1.92. The van der Waals surface area contributed by atoms with Gasteiger partial charge in [-0.25, -0.2) is 4.79 Å². The number of rotatable bonds is 4. The molecule has 4 N–H and O–H groups in total. The number of piperidine rings is 1. The van der Waals surface area contributed by atoms with Gasteiger partial charge in [0.05, 0.1) is 5.39 Å². The predicted octanol–water partition coefficient (Wildman–Crippen LogP) is 4.08. The number of nitrogens with one attached hydrogen (secondary N) is 4. The van der Waals surface area contributed by atoms with E-state index in [0.717, 1.165) is 48.2 Å². The fourth-order valence-electron chi connectivity index (χ4n) is 4.80. The molecule has 0 radical (unpaired) electrons. The molecule has 2 aliphatic heterocycles. The summed E-state index contributed by atoms with van der Waals surface area (Å²) in [5, 5.41) is 14.9. The van der Waals surface area contributed by atoms with Crippen LogP contribution >= 0.6 is 0 Å². The van der Waals surface area contributed by atoms with Gasteiger partial charge < -0.3 is 25.3 Å². The summed E-state index contributed by atoms with van der Waals surface area (Å²) in [4.78, 5) is 27.2. The third-order valence-electron chi connectivity index (χ3n) is 6.04. The second-order valence-corrected chi connectivity index (χ2v) is 9.78. The summed E-state index contributed by atoms with van der Waals surface area (Å²) in [6.07, 6.45) is 5.43. The van der Waals surface area contributed by atoms with Crippen molar-refractivity contribution in [2.45, 2.75) is 77.1 Å². The van der Waals surface area contributed by atoms with Gasteiger partial charge in [0.15, 0.2) is 5.82 Å². The van der Waals surface area contributed by atoms with Crippen LogP contribution in [0.1, 0.15) is 52.1 Å². The van der Waals surface area contributed by atoms with Crippen molar-refractivity contribution < 1.29 is 9.53 Å². The molecule has 2 aliphatic rings. The van der Waals surface area contributed by atoms with Gasteiger partial charge in [-0.05, 0) is 59.4 Å². The van der Waals surface area contributed by atoms with Crippen LogP contribution in [0.4, 0.5) is 22.4 Å². The van der Waals surface area contributed by atoms with Crippen molar-refractivity contribution in [1.29, 1.82) is 0 Å². The van der Waals surface area contributed by atoms with Gasteiger partial charge in [-0.15, -0.1) is 0 Å². The Balaban J connectivity index is 1.33. The lowest BCUT2D eigenvalue weighted by atomic mass is 9.97. The molecule has 32 heavy (non-hydrogen) atoms. The van der Waals surface area contributed by atoms with Crippen LogP contribution < -0.4 is 10.6 Å². The first-order chi connectivity index (χ1) is 15.2. The summed E-state index contributed by atoms with van der Waals surface area (Å²) < 4.78 is 5.66. The third kappa shape index (κ3) is 4.09. The maximum atomic E-state index is 12.7. The van der Waals surface area contributed by atoms with E-state index < -0.39 is 5.60 Å². The summed E-state index contributed by atoms with van der Waals surface area (Å²) in [6.45, 7) is 7.68. The molecule has 0 saturated carbocycles. The zero-order chi connectivity index (χ0) is 22.5. The number of ether oxygens (including phenoxy) is 1. The number of hydrogen-bond acceptors (Lipinski definition) is 7. The second-order valence-electron chi connectivity index (χ2n) is 9.78. The molecule has 3 aromatic heterocycles. The molecule has 3 aromatic rings. The van der Waals surface area contributed by atoms with Gasteiger partial charge >= 0.3 is 6.09 Å². The van der Waals surface area contributed by atoms with E-state index in [1.807, 2.05) is 50.9 Å². The highest BCUT2D eigenvalue weighted by molar-refractivity contribution is 5.88. The number of H-pyrrole nitrogens is 2. The van der Waals surface area contributed by atoms with Crippen LogP contribution in [-0.2, 0) is 4.74 Å². The number of aromatic nitrogens is 5. The topological polar surface area (TPSA) is 124 Å². The Morgan fingerprint density at radius 3 is 2.62 bits per heavy atom. The largest absolute Gasteiger partial charge is 0.444 e. The molecule has 10 heteroatoms. The van der Waals surface area contributed by atoms with E-state index in [-0.39, 0.29) is 24.2 Å². The van der Waals surface area contributed by atoms with Crippen molar-refractivity contribution in [2.75, 3.05) is 10.6 Å². The second kappa shape index (κ2) is 7.68. The highest BCUT2D eigenvalue weighted by Crippen LogP contribution is 2.38. The monoisotopic (exact) mass is 438 g/mol. The minimum Gasteiger partial charge on any atom is -0.444 e. The van der Waals surface area contributed by atoms with E-state index in [0.29, 0.717) is 11.8 Å². The van der Waals surface area contributed by atoms with Gasteiger partial charge in [-0.2, -0.15) is 15.1 Å². The molecule has 2 fully saturated rings. The zero-order valence-electron chi connectivity index (χ0n) is 18.9. The standard InChI is InChI=1S/C22H30N8O2/c1-12-9-17(29-28-12)25-20-26-18-16(7-8-23-18)19(27-20)24-13-10-14-5-6-15(11-13)30(14)21(31)32-22(2,3)4/h7-9,13-15H,5-6,10-11H2,1-4H3,(H4,23,24,25,26,27,28,29). The van der Waals surface area contributed by atoms with Crippen molar-refractivity contribution in [3.8, 4) is 0 Å². The number of anilines is 3. The molecule has 2 unspecified atom stereocenters. The quantitative estimate of drug-likeness (QED) is 0.484. The highest BCUT2D eigenvalue weighted by atomic mass is 16.6. The third-order valence-corrected chi connectivity index (χ3v) is 6.04. The molecule has 10 nitrogen and oxygen atoms in total. The van der Waals surface area contributed by atoms with Crippen molar-refractivity contribution in [3.05, 3.63) is 24.0 Å². The summed E-state index contributed by atoms with van der Waals surface area (Å²) in [6, 6.07) is 4.48. The molecule has 0 aromatic carbocycles. The van der Waals surface area contributed by atoms with Gasteiger partial charge in [-0.1, -0.05) is 0 Å². The van der Waals surface area contributed by atoms with E-state index in [1.165, 1.54) is 0 Å². The van der Waals surface area contributed by atoms with Crippen LogP contribution in [0.3, 0.4) is 0 Å². The minimum atomic E-state index is -0.483. The first-order valence-corrected chi connectivity index (χ1v) is 11.2. The number of aromatic amines is 2. The molecule has 0 spiro atoms. The Morgan fingerprint density at radius 2 is 1.97 bits per heavy atom. The van der Waals surface area contributed by atoms with Crippen molar-refractivity contribution in [2.24, 2.45) is 0 Å². The normalized spacial score (nSPS) is 22.9. The van der Waals surface area contributed by atoms with E-state index in [9.17, 15) is 4.79 Å². The Bertz CT molecular complexity index is 1120. The van der Waals surface area contributed by atoms with Gasteiger partial charge in [0.25, 0.3) is 0 Å². The molecule has 0 aliphatic carbocycles. The molecular formula is C22H30N8O2. The first-order valence-electron chi connectivity index (χ1n) is 11.2. The van der Waals surface area contributed by atoms with Gasteiger partial charge in [-0.3, -0.25) is 5.10 Å². The SMILES string of the molecule is Cc1cc(Nc2nc(NC3CC4CCC(C3)N4C(=O)OC(C)(C)C)c3cc[nH]c3n2)n[nH]1. The average molecular weight is 439 g/mol. The minimum absolute atomic E-state index is 0.189. The number of aryl methyl sites for hydroxylation is 1. The zero-order valence-corrected chi connectivity index (χ0v) is 18.9. The van der Waals surface area contributed by atoms with Crippen LogP contribution in [0.15, 0.2) is 18.3 Å². The summed E-state index contributed by atoms with van der Waals surface area (Å²) in [7, 11) is 0. The average Bonchev–Trinajstić information content (AvgIpc) is 3.39. The lowest BCUT2D eigenvalue weighted by Gasteiger charge is -2.39. The van der Waals surface area contributed by atoms with E-state index >= 15 is 0 Å². The van der Waals surface area contributed by atoms with Crippen molar-refractivity contribution in [3.63, 3.8) is 0 Å². The van der Waals surface area contributed by atoms with Crippen LogP contribution in [0.25, 0.3) is 11.0 Å². The molecule has 5 rings (SSSR count). The smallest absolute Gasteiger partial charge is 0.410 e. The fraction of sp³-hybridized carbons (Fsp3) is 0.545. The summed E-state index contributed by atoms with van der Waals surface area (Å²) >= 11 is 0. The Morgan fingerprint density at radius 1 is 1.22 bits per heavy atom. The Labute approximate surface area is 186 Å². The van der Waals surface area contributed by atoms with E-state index in [2.05, 4.69) is 30.8 Å². The molecule has 5 heterocycles. The van der Waals surface area contributed by atoms with Gasteiger partial charge in [0.1, 0.15) is 17.1 Å². The van der Waals surface area contributed by atoms with E-state index in [1.54, 1.807) is 0 Å². The number of carbonyl (C=O) groups excluding carboxylic acids is 1.